The van der Waals surface area contributed by atoms with Crippen molar-refractivity contribution in [2.75, 3.05) is 29.9 Å². The Balaban J connectivity index is 1.35. The fourth-order valence-electron chi connectivity index (χ4n) is 4.28. The van der Waals surface area contributed by atoms with E-state index in [9.17, 15) is 9.59 Å². The SMILES string of the molecule is O=C(CN1CCCC1Cc1ccccc1)Nc1cccc(N2CCCC2=O)c1. The Bertz CT molecular complexity index is 837. The second-order valence-electron chi connectivity index (χ2n) is 7.70. The number of hydrogen-bond acceptors (Lipinski definition) is 3. The summed E-state index contributed by atoms with van der Waals surface area (Å²) in [4.78, 5) is 28.7. The zero-order valence-corrected chi connectivity index (χ0v) is 16.1. The molecule has 1 N–H and O–H groups in total. The number of amides is 2. The van der Waals surface area contributed by atoms with E-state index in [0.717, 1.165) is 50.1 Å². The summed E-state index contributed by atoms with van der Waals surface area (Å²) < 4.78 is 0. The van der Waals surface area contributed by atoms with Crippen LogP contribution in [0.15, 0.2) is 54.6 Å². The monoisotopic (exact) mass is 377 g/mol. The van der Waals surface area contributed by atoms with Crippen LogP contribution in [0.25, 0.3) is 0 Å². The van der Waals surface area contributed by atoms with Crippen LogP contribution < -0.4 is 10.2 Å². The number of anilines is 2. The average Bonchev–Trinajstić information content (AvgIpc) is 3.32. The van der Waals surface area contributed by atoms with Gasteiger partial charge in [-0.2, -0.15) is 0 Å². The molecular formula is C23H27N3O2. The molecule has 0 radical (unpaired) electrons. The van der Waals surface area contributed by atoms with Crippen molar-refractivity contribution >= 4 is 23.2 Å². The highest BCUT2D eigenvalue weighted by molar-refractivity contribution is 5.97. The van der Waals surface area contributed by atoms with Gasteiger partial charge in [0.2, 0.25) is 11.8 Å². The molecule has 0 bridgehead atoms. The third kappa shape index (κ3) is 4.42. The summed E-state index contributed by atoms with van der Waals surface area (Å²) in [6, 6.07) is 18.5. The van der Waals surface area contributed by atoms with E-state index >= 15 is 0 Å². The van der Waals surface area contributed by atoms with Gasteiger partial charge in [0.1, 0.15) is 0 Å². The maximum absolute atomic E-state index is 12.6. The fourth-order valence-corrected chi connectivity index (χ4v) is 4.28. The second kappa shape index (κ2) is 8.57. The zero-order valence-electron chi connectivity index (χ0n) is 16.1. The van der Waals surface area contributed by atoms with Crippen LogP contribution in [0.2, 0.25) is 0 Å². The summed E-state index contributed by atoms with van der Waals surface area (Å²) >= 11 is 0. The van der Waals surface area contributed by atoms with Crippen molar-refractivity contribution in [2.24, 2.45) is 0 Å². The van der Waals surface area contributed by atoms with Crippen LogP contribution in [0.4, 0.5) is 11.4 Å². The molecule has 2 saturated heterocycles. The second-order valence-corrected chi connectivity index (χ2v) is 7.70. The Labute approximate surface area is 166 Å². The standard InChI is InChI=1S/C23H27N3O2/c27-22(17-25-13-5-11-20(25)15-18-7-2-1-3-8-18)24-19-9-4-10-21(16-19)26-14-6-12-23(26)28/h1-4,7-10,16,20H,5-6,11-15,17H2,(H,24,27). The van der Waals surface area contributed by atoms with Gasteiger partial charge in [0.25, 0.3) is 0 Å². The molecule has 2 amide bonds. The predicted octanol–water partition coefficient (Wildman–Crippen LogP) is 3.46. The van der Waals surface area contributed by atoms with E-state index in [1.54, 1.807) is 4.90 Å². The molecule has 2 aliphatic rings. The molecular weight excluding hydrogens is 350 g/mol. The van der Waals surface area contributed by atoms with E-state index < -0.39 is 0 Å². The maximum atomic E-state index is 12.6. The third-order valence-electron chi connectivity index (χ3n) is 5.67. The molecule has 146 valence electrons. The van der Waals surface area contributed by atoms with Gasteiger partial charge in [0.15, 0.2) is 0 Å². The van der Waals surface area contributed by atoms with Gasteiger partial charge < -0.3 is 10.2 Å². The lowest BCUT2D eigenvalue weighted by Gasteiger charge is -2.24. The number of nitrogens with one attached hydrogen (secondary N) is 1. The zero-order chi connectivity index (χ0) is 19.3. The minimum Gasteiger partial charge on any atom is -0.325 e. The van der Waals surface area contributed by atoms with Crippen molar-refractivity contribution in [2.45, 2.75) is 38.1 Å². The first-order chi connectivity index (χ1) is 13.7. The minimum atomic E-state index is 0.00450. The van der Waals surface area contributed by atoms with Gasteiger partial charge in [-0.25, -0.2) is 0 Å². The van der Waals surface area contributed by atoms with E-state index in [2.05, 4.69) is 34.5 Å². The minimum absolute atomic E-state index is 0.00450. The average molecular weight is 377 g/mol. The van der Waals surface area contributed by atoms with Crippen LogP contribution in [0, 0.1) is 0 Å². The Kier molecular flexibility index (Phi) is 5.72. The van der Waals surface area contributed by atoms with Gasteiger partial charge in [-0.1, -0.05) is 36.4 Å². The van der Waals surface area contributed by atoms with Crippen molar-refractivity contribution in [1.82, 2.24) is 4.90 Å². The molecule has 2 aromatic carbocycles. The quantitative estimate of drug-likeness (QED) is 0.839. The molecule has 1 atom stereocenters. The number of benzene rings is 2. The molecule has 2 aromatic rings. The van der Waals surface area contributed by atoms with E-state index in [1.165, 1.54) is 5.56 Å². The first-order valence-electron chi connectivity index (χ1n) is 10.2. The summed E-state index contributed by atoms with van der Waals surface area (Å²) in [6.07, 6.45) is 4.76. The Morgan fingerprint density at radius 1 is 1.04 bits per heavy atom. The van der Waals surface area contributed by atoms with Crippen LogP contribution in [-0.2, 0) is 16.0 Å². The normalized spacial score (nSPS) is 19.9. The summed E-state index contributed by atoms with van der Waals surface area (Å²) in [5, 5.41) is 3.01. The number of likely N-dealkylation sites (tertiary alicyclic amines) is 1. The lowest BCUT2D eigenvalue weighted by atomic mass is 10.0. The van der Waals surface area contributed by atoms with Gasteiger partial charge >= 0.3 is 0 Å². The number of nitrogens with zero attached hydrogens (tertiary/aromatic N) is 2. The lowest BCUT2D eigenvalue weighted by Crippen LogP contribution is -2.37. The number of rotatable bonds is 6. The van der Waals surface area contributed by atoms with Crippen LogP contribution in [0.5, 0.6) is 0 Å². The van der Waals surface area contributed by atoms with Crippen molar-refractivity contribution in [3.8, 4) is 0 Å². The molecule has 1 unspecified atom stereocenters. The molecule has 5 heteroatoms. The molecule has 0 saturated carbocycles. The number of carbonyl (C=O) groups excluding carboxylic acids is 2. The molecule has 0 aromatic heterocycles. The van der Waals surface area contributed by atoms with E-state index in [4.69, 9.17) is 0 Å². The molecule has 2 aliphatic heterocycles. The van der Waals surface area contributed by atoms with Crippen molar-refractivity contribution < 1.29 is 9.59 Å². The fraction of sp³-hybridized carbons (Fsp3) is 0.391. The van der Waals surface area contributed by atoms with Crippen molar-refractivity contribution in [3.05, 3.63) is 60.2 Å². The predicted molar refractivity (Wildman–Crippen MR) is 111 cm³/mol. The van der Waals surface area contributed by atoms with Crippen LogP contribution in [-0.4, -0.2) is 42.4 Å². The molecule has 5 nitrogen and oxygen atoms in total. The molecule has 0 aliphatic carbocycles. The topological polar surface area (TPSA) is 52.7 Å². The molecule has 0 spiro atoms. The highest BCUT2D eigenvalue weighted by Gasteiger charge is 2.26. The highest BCUT2D eigenvalue weighted by Crippen LogP contribution is 2.25. The number of hydrogen-bond donors (Lipinski definition) is 1. The first kappa shape index (κ1) is 18.7. The molecule has 28 heavy (non-hydrogen) atoms. The Morgan fingerprint density at radius 3 is 2.68 bits per heavy atom. The number of carbonyl (C=O) groups is 2. The van der Waals surface area contributed by atoms with Gasteiger partial charge in [0.05, 0.1) is 6.54 Å². The highest BCUT2D eigenvalue weighted by atomic mass is 16.2. The van der Waals surface area contributed by atoms with E-state index in [0.29, 0.717) is 19.0 Å². The van der Waals surface area contributed by atoms with Crippen LogP contribution >= 0.6 is 0 Å². The largest absolute Gasteiger partial charge is 0.325 e. The van der Waals surface area contributed by atoms with Gasteiger partial charge in [-0.3, -0.25) is 14.5 Å². The Hall–Kier alpha value is -2.66. The van der Waals surface area contributed by atoms with Crippen molar-refractivity contribution in [3.63, 3.8) is 0 Å². The summed E-state index contributed by atoms with van der Waals surface area (Å²) in [5.74, 6) is 0.161. The van der Waals surface area contributed by atoms with Gasteiger partial charge in [-0.15, -0.1) is 0 Å². The van der Waals surface area contributed by atoms with Crippen molar-refractivity contribution in [1.29, 1.82) is 0 Å². The van der Waals surface area contributed by atoms with Crippen LogP contribution in [0.1, 0.15) is 31.2 Å². The molecule has 2 heterocycles. The van der Waals surface area contributed by atoms with Crippen LogP contribution in [0.3, 0.4) is 0 Å². The summed E-state index contributed by atoms with van der Waals surface area (Å²) in [5.41, 5.74) is 2.94. The molecule has 4 rings (SSSR count). The summed E-state index contributed by atoms with van der Waals surface area (Å²) in [6.45, 7) is 2.13. The van der Waals surface area contributed by atoms with E-state index in [-0.39, 0.29) is 11.8 Å². The van der Waals surface area contributed by atoms with Gasteiger partial charge in [-0.05, 0) is 56.0 Å². The maximum Gasteiger partial charge on any atom is 0.238 e. The Morgan fingerprint density at radius 2 is 1.89 bits per heavy atom. The lowest BCUT2D eigenvalue weighted by molar-refractivity contribution is -0.118. The smallest absolute Gasteiger partial charge is 0.238 e. The van der Waals surface area contributed by atoms with Gasteiger partial charge in [0, 0.05) is 30.4 Å². The van der Waals surface area contributed by atoms with E-state index in [1.807, 2.05) is 30.3 Å². The third-order valence-corrected chi connectivity index (χ3v) is 5.67. The molecule has 2 fully saturated rings. The summed E-state index contributed by atoms with van der Waals surface area (Å²) in [7, 11) is 0. The first-order valence-corrected chi connectivity index (χ1v) is 10.2.